The Morgan fingerprint density at radius 2 is 1.76 bits per heavy atom. The van der Waals surface area contributed by atoms with Gasteiger partial charge in [-0.3, -0.25) is 29.6 Å². The fraction of sp³-hybridized carbons (Fsp3) is 0.194. The van der Waals surface area contributed by atoms with Crippen LogP contribution in [0.4, 0.5) is 11.4 Å². The minimum atomic E-state index is -0.945. The minimum absolute atomic E-state index is 0.115. The molecule has 236 valence electrons. The van der Waals surface area contributed by atoms with Crippen molar-refractivity contribution in [3.63, 3.8) is 0 Å². The van der Waals surface area contributed by atoms with E-state index < -0.39 is 38.8 Å². The predicted octanol–water partition coefficient (Wildman–Crippen LogP) is 4.42. The summed E-state index contributed by atoms with van der Waals surface area (Å²) >= 11 is 1.11. The van der Waals surface area contributed by atoms with E-state index in [1.165, 1.54) is 18.8 Å². The molecular formula is C31H26N4O10S. The fourth-order valence-corrected chi connectivity index (χ4v) is 5.98. The van der Waals surface area contributed by atoms with Crippen molar-refractivity contribution in [1.82, 2.24) is 4.57 Å². The highest BCUT2D eigenvalue weighted by Gasteiger charge is 2.35. The zero-order valence-electron chi connectivity index (χ0n) is 24.9. The van der Waals surface area contributed by atoms with Crippen molar-refractivity contribution >= 4 is 34.8 Å². The van der Waals surface area contributed by atoms with E-state index in [1.54, 1.807) is 62.4 Å². The monoisotopic (exact) mass is 646 g/mol. The minimum Gasteiger partial charge on any atom is -0.497 e. The first-order chi connectivity index (χ1) is 22.1. The Morgan fingerprint density at radius 3 is 2.43 bits per heavy atom. The molecule has 4 aromatic rings. The van der Waals surface area contributed by atoms with E-state index in [4.69, 9.17) is 18.9 Å². The maximum atomic E-state index is 14.0. The van der Waals surface area contributed by atoms with Gasteiger partial charge in [-0.2, -0.15) is 0 Å². The van der Waals surface area contributed by atoms with Gasteiger partial charge in [0.2, 0.25) is 5.75 Å². The Hall–Kier alpha value is -5.83. The number of thiazole rings is 1. The number of carbonyl (C=O) groups is 1. The second kappa shape index (κ2) is 13.0. The third kappa shape index (κ3) is 6.08. The summed E-state index contributed by atoms with van der Waals surface area (Å²) in [6.45, 7) is 3.46. The number of non-ortho nitro benzene ring substituents is 1. The van der Waals surface area contributed by atoms with Gasteiger partial charge in [0.1, 0.15) is 23.3 Å². The highest BCUT2D eigenvalue weighted by atomic mass is 32.1. The van der Waals surface area contributed by atoms with Crippen molar-refractivity contribution in [3.8, 4) is 23.0 Å². The number of esters is 1. The first-order valence-corrected chi connectivity index (χ1v) is 14.5. The number of aromatic nitrogens is 1. The number of hydrogen-bond acceptors (Lipinski definition) is 12. The maximum Gasteiger partial charge on any atom is 0.338 e. The van der Waals surface area contributed by atoms with E-state index in [2.05, 4.69) is 4.99 Å². The number of rotatable bonds is 10. The standard InChI is InChI=1S/C31H26N4O10S/c1-5-44-30(37)27-17(2)32-31-33(28(27)22-16-20(42-3)10-12-24(22)43-4)29(36)26(46-31)14-18-7-6-8-21(13-18)45-25-11-9-19(34(38)39)15-23(25)35(40)41/h6-16,28H,5H2,1-4H3/b26-14-/t28-/m1/s1. The van der Waals surface area contributed by atoms with Crippen LogP contribution >= 0.6 is 11.3 Å². The number of hydrogen-bond donors (Lipinski definition) is 0. The lowest BCUT2D eigenvalue weighted by Crippen LogP contribution is -2.40. The van der Waals surface area contributed by atoms with Gasteiger partial charge in [0.15, 0.2) is 4.80 Å². The molecule has 0 fully saturated rings. The Kier molecular flexibility index (Phi) is 8.95. The van der Waals surface area contributed by atoms with Crippen LogP contribution in [0.5, 0.6) is 23.0 Å². The summed E-state index contributed by atoms with van der Waals surface area (Å²) in [5.74, 6) is 0.278. The first-order valence-electron chi connectivity index (χ1n) is 13.7. The van der Waals surface area contributed by atoms with Crippen molar-refractivity contribution in [2.75, 3.05) is 20.8 Å². The second-order valence-electron chi connectivity index (χ2n) is 9.75. The molecule has 2 heterocycles. The van der Waals surface area contributed by atoms with Gasteiger partial charge in [0.05, 0.1) is 52.5 Å². The molecule has 1 atom stereocenters. The molecule has 1 aromatic heterocycles. The van der Waals surface area contributed by atoms with Crippen LogP contribution in [-0.2, 0) is 9.53 Å². The molecule has 0 N–H and O–H groups in total. The van der Waals surface area contributed by atoms with Gasteiger partial charge in [-0.25, -0.2) is 9.79 Å². The molecule has 14 nitrogen and oxygen atoms in total. The zero-order chi connectivity index (χ0) is 33.1. The van der Waals surface area contributed by atoms with Crippen molar-refractivity contribution in [2.45, 2.75) is 19.9 Å². The number of carbonyl (C=O) groups excluding carboxylic acids is 1. The molecule has 1 aliphatic rings. The largest absolute Gasteiger partial charge is 0.497 e. The molecule has 0 saturated heterocycles. The molecule has 3 aromatic carbocycles. The van der Waals surface area contributed by atoms with Crippen LogP contribution in [0, 0.1) is 20.2 Å². The third-order valence-electron chi connectivity index (χ3n) is 6.98. The molecule has 46 heavy (non-hydrogen) atoms. The number of nitro groups is 2. The lowest BCUT2D eigenvalue weighted by molar-refractivity contribution is -0.394. The Bertz CT molecular complexity index is 2100. The van der Waals surface area contributed by atoms with E-state index >= 15 is 0 Å². The molecule has 0 saturated carbocycles. The van der Waals surface area contributed by atoms with E-state index in [0.29, 0.717) is 33.1 Å². The average Bonchev–Trinajstić information content (AvgIpc) is 3.33. The summed E-state index contributed by atoms with van der Waals surface area (Å²) in [5, 5.41) is 22.7. The van der Waals surface area contributed by atoms with Crippen molar-refractivity contribution in [3.05, 3.63) is 123 Å². The Balaban J connectivity index is 1.62. The summed E-state index contributed by atoms with van der Waals surface area (Å²) in [6, 6.07) is 13.6. The van der Waals surface area contributed by atoms with Crippen molar-refractivity contribution in [1.29, 1.82) is 0 Å². The van der Waals surface area contributed by atoms with Gasteiger partial charge in [0.25, 0.3) is 11.2 Å². The summed E-state index contributed by atoms with van der Waals surface area (Å²) in [6.07, 6.45) is 1.60. The lowest BCUT2D eigenvalue weighted by Gasteiger charge is -2.26. The van der Waals surface area contributed by atoms with Crippen molar-refractivity contribution in [2.24, 2.45) is 4.99 Å². The van der Waals surface area contributed by atoms with E-state index in [1.807, 2.05) is 0 Å². The highest BCUT2D eigenvalue weighted by molar-refractivity contribution is 7.07. The predicted molar refractivity (Wildman–Crippen MR) is 166 cm³/mol. The van der Waals surface area contributed by atoms with Crippen LogP contribution in [0.2, 0.25) is 0 Å². The molecule has 0 bridgehead atoms. The van der Waals surface area contributed by atoms with E-state index in [0.717, 1.165) is 29.5 Å². The van der Waals surface area contributed by atoms with Gasteiger partial charge < -0.3 is 18.9 Å². The fourth-order valence-electron chi connectivity index (χ4n) is 4.93. The molecule has 1 aliphatic heterocycles. The molecule has 15 heteroatoms. The van der Waals surface area contributed by atoms with Crippen LogP contribution < -0.4 is 29.1 Å². The molecule has 0 unspecified atom stereocenters. The SMILES string of the molecule is CCOC(=O)C1=C(C)N=c2s/c(=C\c3cccc(Oc4ccc([N+](=O)[O-])cc4[N+](=O)[O-])c3)c(=O)n2[C@@H]1c1cc(OC)ccc1OC. The summed E-state index contributed by atoms with van der Waals surface area (Å²) in [7, 11) is 2.98. The molecule has 0 aliphatic carbocycles. The van der Waals surface area contributed by atoms with E-state index in [-0.39, 0.29) is 28.2 Å². The van der Waals surface area contributed by atoms with Gasteiger partial charge in [0, 0.05) is 11.6 Å². The first kappa shape index (κ1) is 31.6. The average molecular weight is 647 g/mol. The molecule has 0 spiro atoms. The summed E-state index contributed by atoms with van der Waals surface area (Å²) < 4.78 is 23.8. The smallest absolute Gasteiger partial charge is 0.338 e. The number of ether oxygens (including phenoxy) is 4. The van der Waals surface area contributed by atoms with Crippen LogP contribution in [0.25, 0.3) is 6.08 Å². The molecule has 0 amide bonds. The van der Waals surface area contributed by atoms with Crippen LogP contribution in [-0.4, -0.2) is 41.2 Å². The quantitative estimate of drug-likeness (QED) is 0.136. The maximum absolute atomic E-state index is 14.0. The van der Waals surface area contributed by atoms with Gasteiger partial charge in [-0.1, -0.05) is 23.5 Å². The van der Waals surface area contributed by atoms with Gasteiger partial charge >= 0.3 is 11.7 Å². The number of nitro benzene ring substituents is 2. The Morgan fingerprint density at radius 1 is 1.00 bits per heavy atom. The van der Waals surface area contributed by atoms with Crippen LogP contribution in [0.1, 0.15) is 31.0 Å². The van der Waals surface area contributed by atoms with Crippen LogP contribution in [0.3, 0.4) is 0 Å². The normalized spacial score (nSPS) is 14.3. The number of methoxy groups -OCH3 is 2. The summed E-state index contributed by atoms with van der Waals surface area (Å²) in [5.41, 5.74) is 0.0954. The topological polar surface area (TPSA) is 175 Å². The summed E-state index contributed by atoms with van der Waals surface area (Å²) in [4.78, 5) is 53.4. The third-order valence-corrected chi connectivity index (χ3v) is 7.97. The number of nitrogens with zero attached hydrogens (tertiary/aromatic N) is 4. The molecule has 5 rings (SSSR count). The van der Waals surface area contributed by atoms with Crippen LogP contribution in [0.15, 0.2) is 81.7 Å². The molecule has 0 radical (unpaired) electrons. The highest BCUT2D eigenvalue weighted by Crippen LogP contribution is 2.38. The van der Waals surface area contributed by atoms with Gasteiger partial charge in [-0.05, 0) is 61.9 Å². The van der Waals surface area contributed by atoms with E-state index in [9.17, 15) is 29.8 Å². The molecular weight excluding hydrogens is 620 g/mol. The zero-order valence-corrected chi connectivity index (χ0v) is 25.7. The second-order valence-corrected chi connectivity index (χ2v) is 10.8. The van der Waals surface area contributed by atoms with Gasteiger partial charge in [-0.15, -0.1) is 0 Å². The number of fused-ring (bicyclic) bond motifs is 1. The van der Waals surface area contributed by atoms with Crippen molar-refractivity contribution < 1.29 is 33.6 Å². The number of benzene rings is 3. The number of allylic oxidation sites excluding steroid dienone is 1. The Labute approximate surface area is 264 Å². The lowest BCUT2D eigenvalue weighted by atomic mass is 9.94.